The second kappa shape index (κ2) is 6.70. The van der Waals surface area contributed by atoms with Crippen molar-refractivity contribution in [1.29, 1.82) is 0 Å². The van der Waals surface area contributed by atoms with Crippen molar-refractivity contribution in [1.82, 2.24) is 9.62 Å². The van der Waals surface area contributed by atoms with Gasteiger partial charge in [-0.15, -0.1) is 0 Å². The van der Waals surface area contributed by atoms with E-state index in [0.717, 1.165) is 0 Å². The first-order chi connectivity index (χ1) is 8.77. The molecule has 19 heavy (non-hydrogen) atoms. The molecule has 0 aliphatic carbocycles. The van der Waals surface area contributed by atoms with Gasteiger partial charge >= 0.3 is 0 Å². The van der Waals surface area contributed by atoms with E-state index in [9.17, 15) is 13.2 Å². The molecule has 0 aromatic rings. The molecule has 112 valence electrons. The summed E-state index contributed by atoms with van der Waals surface area (Å²) < 4.78 is 24.9. The molecule has 0 aromatic heterocycles. The molecule has 1 heterocycles. The van der Waals surface area contributed by atoms with Crippen molar-refractivity contribution in [3.05, 3.63) is 0 Å². The molecule has 0 aromatic carbocycles. The van der Waals surface area contributed by atoms with Crippen LogP contribution in [0.3, 0.4) is 0 Å². The standard InChI is InChI=1S/C13H26N2O3S/c1-5-19(17,18)15-8-6-12(7-9-15)13(16)14-11(4)10(2)3/h10-12H,5-9H2,1-4H3,(H,14,16). The van der Waals surface area contributed by atoms with E-state index < -0.39 is 10.0 Å². The zero-order valence-corrected chi connectivity index (χ0v) is 13.2. The third-order valence-electron chi connectivity index (χ3n) is 3.95. The molecule has 0 saturated carbocycles. The molecule has 1 N–H and O–H groups in total. The average Bonchev–Trinajstić information content (AvgIpc) is 2.38. The first-order valence-corrected chi connectivity index (χ1v) is 8.67. The van der Waals surface area contributed by atoms with Gasteiger partial charge in [0.15, 0.2) is 0 Å². The van der Waals surface area contributed by atoms with Crippen molar-refractivity contribution in [2.75, 3.05) is 18.8 Å². The molecule has 1 unspecified atom stereocenters. The van der Waals surface area contributed by atoms with Gasteiger partial charge in [-0.05, 0) is 32.6 Å². The van der Waals surface area contributed by atoms with Crippen LogP contribution in [0.2, 0.25) is 0 Å². The number of hydrogen-bond acceptors (Lipinski definition) is 3. The first-order valence-electron chi connectivity index (χ1n) is 7.06. The van der Waals surface area contributed by atoms with Gasteiger partial charge in [0.1, 0.15) is 0 Å². The Balaban J connectivity index is 2.48. The van der Waals surface area contributed by atoms with E-state index in [1.165, 1.54) is 4.31 Å². The highest BCUT2D eigenvalue weighted by Gasteiger charge is 2.30. The summed E-state index contributed by atoms with van der Waals surface area (Å²) in [4.78, 5) is 12.1. The summed E-state index contributed by atoms with van der Waals surface area (Å²) in [6, 6.07) is 0.157. The van der Waals surface area contributed by atoms with Gasteiger partial charge in [0.05, 0.1) is 5.75 Å². The molecular formula is C13H26N2O3S. The highest BCUT2D eigenvalue weighted by molar-refractivity contribution is 7.89. The van der Waals surface area contributed by atoms with Gasteiger partial charge in [0.2, 0.25) is 15.9 Å². The summed E-state index contributed by atoms with van der Waals surface area (Å²) in [5, 5.41) is 3.01. The molecular weight excluding hydrogens is 264 g/mol. The fraction of sp³-hybridized carbons (Fsp3) is 0.923. The lowest BCUT2D eigenvalue weighted by Gasteiger charge is -2.31. The number of piperidine rings is 1. The van der Waals surface area contributed by atoms with Gasteiger partial charge in [-0.25, -0.2) is 12.7 Å². The minimum Gasteiger partial charge on any atom is -0.353 e. The zero-order valence-electron chi connectivity index (χ0n) is 12.3. The van der Waals surface area contributed by atoms with Gasteiger partial charge in [0, 0.05) is 25.0 Å². The summed E-state index contributed by atoms with van der Waals surface area (Å²) in [5.74, 6) is 0.553. The maximum Gasteiger partial charge on any atom is 0.223 e. The number of rotatable bonds is 5. The number of carbonyl (C=O) groups is 1. The van der Waals surface area contributed by atoms with Crippen molar-refractivity contribution < 1.29 is 13.2 Å². The Morgan fingerprint density at radius 3 is 2.21 bits per heavy atom. The monoisotopic (exact) mass is 290 g/mol. The van der Waals surface area contributed by atoms with E-state index in [1.807, 2.05) is 6.92 Å². The molecule has 1 aliphatic rings. The minimum absolute atomic E-state index is 0.0514. The summed E-state index contributed by atoms with van der Waals surface area (Å²) in [6.45, 7) is 8.72. The van der Waals surface area contributed by atoms with Crippen LogP contribution in [0.5, 0.6) is 0 Å². The molecule has 6 heteroatoms. The van der Waals surface area contributed by atoms with E-state index >= 15 is 0 Å². The molecule has 1 fully saturated rings. The summed E-state index contributed by atoms with van der Waals surface area (Å²) in [5.41, 5.74) is 0. The van der Waals surface area contributed by atoms with Crippen LogP contribution in [-0.2, 0) is 14.8 Å². The smallest absolute Gasteiger partial charge is 0.223 e. The normalized spacial score (nSPS) is 20.5. The fourth-order valence-corrected chi connectivity index (χ4v) is 3.22. The molecule has 0 spiro atoms. The maximum absolute atomic E-state index is 12.1. The van der Waals surface area contributed by atoms with E-state index in [1.54, 1.807) is 6.92 Å². The molecule has 1 saturated heterocycles. The van der Waals surface area contributed by atoms with Gasteiger partial charge in [-0.2, -0.15) is 0 Å². The molecule has 0 radical (unpaired) electrons. The maximum atomic E-state index is 12.1. The molecule has 1 amide bonds. The van der Waals surface area contributed by atoms with E-state index in [-0.39, 0.29) is 23.6 Å². The lowest BCUT2D eigenvalue weighted by atomic mass is 9.96. The van der Waals surface area contributed by atoms with Crippen molar-refractivity contribution in [3.63, 3.8) is 0 Å². The van der Waals surface area contributed by atoms with Crippen LogP contribution < -0.4 is 5.32 Å². The third-order valence-corrected chi connectivity index (χ3v) is 5.83. The number of hydrogen-bond donors (Lipinski definition) is 1. The van der Waals surface area contributed by atoms with Crippen LogP contribution in [0.25, 0.3) is 0 Å². The highest BCUT2D eigenvalue weighted by Crippen LogP contribution is 2.20. The number of nitrogens with zero attached hydrogens (tertiary/aromatic N) is 1. The summed E-state index contributed by atoms with van der Waals surface area (Å²) >= 11 is 0. The number of amides is 1. The Bertz CT molecular complexity index is 398. The van der Waals surface area contributed by atoms with Crippen LogP contribution in [0.15, 0.2) is 0 Å². The topological polar surface area (TPSA) is 66.5 Å². The van der Waals surface area contributed by atoms with E-state index in [2.05, 4.69) is 19.2 Å². The Morgan fingerprint density at radius 2 is 1.79 bits per heavy atom. The lowest BCUT2D eigenvalue weighted by Crippen LogP contribution is -2.46. The van der Waals surface area contributed by atoms with Crippen molar-refractivity contribution in [2.45, 2.75) is 46.6 Å². The van der Waals surface area contributed by atoms with Crippen molar-refractivity contribution in [3.8, 4) is 0 Å². The Morgan fingerprint density at radius 1 is 1.26 bits per heavy atom. The molecule has 0 bridgehead atoms. The van der Waals surface area contributed by atoms with E-state index in [0.29, 0.717) is 31.8 Å². The molecule has 1 rings (SSSR count). The first kappa shape index (κ1) is 16.4. The van der Waals surface area contributed by atoms with Gasteiger partial charge in [-0.3, -0.25) is 4.79 Å². The second-order valence-electron chi connectivity index (χ2n) is 5.62. The van der Waals surface area contributed by atoms with Gasteiger partial charge < -0.3 is 5.32 Å². The summed E-state index contributed by atoms with van der Waals surface area (Å²) in [6.07, 6.45) is 1.24. The molecule has 1 atom stereocenters. The second-order valence-corrected chi connectivity index (χ2v) is 7.87. The van der Waals surface area contributed by atoms with Crippen molar-refractivity contribution in [2.24, 2.45) is 11.8 Å². The quantitative estimate of drug-likeness (QED) is 0.827. The lowest BCUT2D eigenvalue weighted by molar-refractivity contribution is -0.127. The Labute approximate surface area is 116 Å². The Hall–Kier alpha value is -0.620. The third kappa shape index (κ3) is 4.45. The number of nitrogens with one attached hydrogen (secondary N) is 1. The predicted molar refractivity (Wildman–Crippen MR) is 76.2 cm³/mol. The highest BCUT2D eigenvalue weighted by atomic mass is 32.2. The molecule has 5 nitrogen and oxygen atoms in total. The van der Waals surface area contributed by atoms with E-state index in [4.69, 9.17) is 0 Å². The van der Waals surface area contributed by atoms with Gasteiger partial charge in [0.25, 0.3) is 0 Å². The van der Waals surface area contributed by atoms with Crippen LogP contribution in [0, 0.1) is 11.8 Å². The van der Waals surface area contributed by atoms with Crippen LogP contribution in [0.1, 0.15) is 40.5 Å². The molecule has 1 aliphatic heterocycles. The minimum atomic E-state index is -3.11. The zero-order chi connectivity index (χ0) is 14.6. The fourth-order valence-electron chi connectivity index (χ4n) is 2.09. The predicted octanol–water partition coefficient (Wildman–Crippen LogP) is 1.21. The Kier molecular flexibility index (Phi) is 5.80. The average molecular weight is 290 g/mol. The van der Waals surface area contributed by atoms with Crippen LogP contribution in [0.4, 0.5) is 0 Å². The van der Waals surface area contributed by atoms with Crippen molar-refractivity contribution >= 4 is 15.9 Å². The largest absolute Gasteiger partial charge is 0.353 e. The number of carbonyl (C=O) groups excluding carboxylic acids is 1. The van der Waals surface area contributed by atoms with Gasteiger partial charge in [-0.1, -0.05) is 13.8 Å². The van der Waals surface area contributed by atoms with Crippen LogP contribution >= 0.6 is 0 Å². The SMILES string of the molecule is CCS(=O)(=O)N1CCC(C(=O)NC(C)C(C)C)CC1. The summed E-state index contributed by atoms with van der Waals surface area (Å²) in [7, 11) is -3.11. The van der Waals surface area contributed by atoms with Crippen LogP contribution in [-0.4, -0.2) is 43.5 Å². The number of sulfonamides is 1.